The highest BCUT2D eigenvalue weighted by molar-refractivity contribution is 5.84. The van der Waals surface area contributed by atoms with E-state index < -0.39 is 0 Å². The van der Waals surface area contributed by atoms with Gasteiger partial charge < -0.3 is 10.2 Å². The number of hydrogen-bond donors (Lipinski definition) is 1. The zero-order chi connectivity index (χ0) is 13.3. The number of carbonyl (C=O) groups excluding carboxylic acids is 2. The average Bonchev–Trinajstić information content (AvgIpc) is 2.24. The lowest BCUT2D eigenvalue weighted by Crippen LogP contribution is -2.41. The molecule has 4 nitrogen and oxygen atoms in total. The summed E-state index contributed by atoms with van der Waals surface area (Å²) < 4.78 is 0. The van der Waals surface area contributed by atoms with Gasteiger partial charge in [0, 0.05) is 19.5 Å². The molecular weight excluding hydrogens is 216 g/mol. The average molecular weight is 242 g/mol. The Labute approximate surface area is 105 Å². The molecule has 1 N–H and O–H groups in total. The fourth-order valence-corrected chi connectivity index (χ4v) is 1.53. The van der Waals surface area contributed by atoms with E-state index >= 15 is 0 Å². The highest BCUT2D eigenvalue weighted by Gasteiger charge is 2.16. The second kappa shape index (κ2) is 9.02. The number of nitrogens with zero attached hydrogens (tertiary/aromatic N) is 1. The molecule has 0 rings (SSSR count). The molecule has 2 amide bonds. The van der Waals surface area contributed by atoms with E-state index in [1.165, 1.54) is 0 Å². The van der Waals surface area contributed by atoms with Gasteiger partial charge in [0.1, 0.15) is 0 Å². The van der Waals surface area contributed by atoms with Crippen LogP contribution in [0.5, 0.6) is 0 Å². The van der Waals surface area contributed by atoms with Crippen molar-refractivity contribution in [3.8, 4) is 0 Å². The summed E-state index contributed by atoms with van der Waals surface area (Å²) in [7, 11) is 0. The number of rotatable bonds is 8. The Hall–Kier alpha value is -1.06. The van der Waals surface area contributed by atoms with Crippen LogP contribution in [0.1, 0.15) is 47.0 Å². The quantitative estimate of drug-likeness (QED) is 0.705. The Bertz CT molecular complexity index is 240. The Balaban J connectivity index is 4.21. The van der Waals surface area contributed by atoms with Crippen molar-refractivity contribution in [1.29, 1.82) is 0 Å². The van der Waals surface area contributed by atoms with Crippen molar-refractivity contribution in [3.05, 3.63) is 0 Å². The molecule has 0 aromatic heterocycles. The van der Waals surface area contributed by atoms with Crippen LogP contribution in [0, 0.1) is 5.92 Å². The van der Waals surface area contributed by atoms with Gasteiger partial charge in [-0.2, -0.15) is 0 Å². The molecule has 100 valence electrons. The highest BCUT2D eigenvalue weighted by Crippen LogP contribution is 2.04. The fourth-order valence-electron chi connectivity index (χ4n) is 1.53. The number of amides is 2. The van der Waals surface area contributed by atoms with Gasteiger partial charge in [0.15, 0.2) is 0 Å². The molecule has 17 heavy (non-hydrogen) atoms. The Kier molecular flexibility index (Phi) is 8.46. The molecule has 0 unspecified atom stereocenters. The van der Waals surface area contributed by atoms with Crippen LogP contribution in [0.25, 0.3) is 0 Å². The standard InChI is InChI=1S/C13H26N2O2/c1-5-7-14-12(16)10-15(8-6-2)13(17)9-11(3)4/h11H,5-10H2,1-4H3,(H,14,16). The lowest BCUT2D eigenvalue weighted by molar-refractivity contribution is -0.136. The van der Waals surface area contributed by atoms with Gasteiger partial charge in [0.2, 0.25) is 11.8 Å². The van der Waals surface area contributed by atoms with Gasteiger partial charge in [-0.3, -0.25) is 9.59 Å². The summed E-state index contributed by atoms with van der Waals surface area (Å²) in [4.78, 5) is 25.1. The molecule has 0 aliphatic carbocycles. The van der Waals surface area contributed by atoms with Crippen LogP contribution in [-0.2, 0) is 9.59 Å². The summed E-state index contributed by atoms with van der Waals surface area (Å²) in [5.74, 6) is 0.353. The van der Waals surface area contributed by atoms with E-state index in [0.717, 1.165) is 12.8 Å². The van der Waals surface area contributed by atoms with Crippen LogP contribution in [0.15, 0.2) is 0 Å². The van der Waals surface area contributed by atoms with Crippen LogP contribution in [0.2, 0.25) is 0 Å². The minimum Gasteiger partial charge on any atom is -0.355 e. The largest absolute Gasteiger partial charge is 0.355 e. The maximum atomic E-state index is 11.9. The second-order valence-electron chi connectivity index (χ2n) is 4.76. The zero-order valence-electron chi connectivity index (χ0n) is 11.6. The Morgan fingerprint density at radius 1 is 1.18 bits per heavy atom. The van der Waals surface area contributed by atoms with Gasteiger partial charge >= 0.3 is 0 Å². The van der Waals surface area contributed by atoms with Crippen LogP contribution < -0.4 is 5.32 Å². The first kappa shape index (κ1) is 15.9. The summed E-state index contributed by atoms with van der Waals surface area (Å²) in [6, 6.07) is 0. The minimum absolute atomic E-state index is 0.0580. The first-order chi connectivity index (χ1) is 8.01. The number of nitrogens with one attached hydrogen (secondary N) is 1. The third kappa shape index (κ3) is 7.77. The van der Waals surface area contributed by atoms with E-state index in [-0.39, 0.29) is 18.4 Å². The van der Waals surface area contributed by atoms with Crippen molar-refractivity contribution in [2.24, 2.45) is 5.92 Å². The molecule has 0 aliphatic rings. The zero-order valence-corrected chi connectivity index (χ0v) is 11.6. The predicted octanol–water partition coefficient (Wildman–Crippen LogP) is 1.80. The summed E-state index contributed by atoms with van der Waals surface area (Å²) in [5, 5.41) is 2.80. The molecule has 0 fully saturated rings. The maximum Gasteiger partial charge on any atom is 0.239 e. The first-order valence-corrected chi connectivity index (χ1v) is 6.55. The van der Waals surface area contributed by atoms with E-state index in [1.807, 2.05) is 27.7 Å². The topological polar surface area (TPSA) is 49.4 Å². The van der Waals surface area contributed by atoms with Gasteiger partial charge in [-0.05, 0) is 18.8 Å². The van der Waals surface area contributed by atoms with E-state index in [4.69, 9.17) is 0 Å². The molecular formula is C13H26N2O2. The van der Waals surface area contributed by atoms with Gasteiger partial charge in [-0.15, -0.1) is 0 Å². The van der Waals surface area contributed by atoms with Crippen LogP contribution in [0.4, 0.5) is 0 Å². The third-order valence-corrected chi connectivity index (χ3v) is 2.34. The van der Waals surface area contributed by atoms with Gasteiger partial charge in [0.05, 0.1) is 6.54 Å². The molecule has 0 saturated heterocycles. The fraction of sp³-hybridized carbons (Fsp3) is 0.846. The van der Waals surface area contributed by atoms with Crippen molar-refractivity contribution < 1.29 is 9.59 Å². The summed E-state index contributed by atoms with van der Waals surface area (Å²) in [5.41, 5.74) is 0. The van der Waals surface area contributed by atoms with Crippen molar-refractivity contribution >= 4 is 11.8 Å². The summed E-state index contributed by atoms with van der Waals surface area (Å²) >= 11 is 0. The molecule has 0 aromatic rings. The van der Waals surface area contributed by atoms with Crippen LogP contribution in [0.3, 0.4) is 0 Å². The SMILES string of the molecule is CCCNC(=O)CN(CCC)C(=O)CC(C)C. The molecule has 0 heterocycles. The lowest BCUT2D eigenvalue weighted by Gasteiger charge is -2.22. The van der Waals surface area contributed by atoms with E-state index in [9.17, 15) is 9.59 Å². The number of hydrogen-bond acceptors (Lipinski definition) is 2. The van der Waals surface area contributed by atoms with E-state index in [0.29, 0.717) is 25.4 Å². The predicted molar refractivity (Wildman–Crippen MR) is 69.6 cm³/mol. The van der Waals surface area contributed by atoms with Crippen molar-refractivity contribution in [2.75, 3.05) is 19.6 Å². The summed E-state index contributed by atoms with van der Waals surface area (Å²) in [6.07, 6.45) is 2.31. The monoisotopic (exact) mass is 242 g/mol. The normalized spacial score (nSPS) is 10.4. The van der Waals surface area contributed by atoms with Crippen LogP contribution in [-0.4, -0.2) is 36.3 Å². The maximum absolute atomic E-state index is 11.9. The smallest absolute Gasteiger partial charge is 0.239 e. The molecule has 0 aliphatic heterocycles. The number of carbonyl (C=O) groups is 2. The summed E-state index contributed by atoms with van der Waals surface area (Å²) in [6.45, 7) is 9.58. The Morgan fingerprint density at radius 3 is 2.29 bits per heavy atom. The van der Waals surface area contributed by atoms with Crippen molar-refractivity contribution in [3.63, 3.8) is 0 Å². The molecule has 0 atom stereocenters. The van der Waals surface area contributed by atoms with Gasteiger partial charge in [-0.25, -0.2) is 0 Å². The molecule has 4 heteroatoms. The lowest BCUT2D eigenvalue weighted by atomic mass is 10.1. The molecule has 0 radical (unpaired) electrons. The molecule has 0 spiro atoms. The molecule has 0 bridgehead atoms. The Morgan fingerprint density at radius 2 is 1.82 bits per heavy atom. The van der Waals surface area contributed by atoms with Crippen LogP contribution >= 0.6 is 0 Å². The highest BCUT2D eigenvalue weighted by atomic mass is 16.2. The second-order valence-corrected chi connectivity index (χ2v) is 4.76. The van der Waals surface area contributed by atoms with Gasteiger partial charge in [-0.1, -0.05) is 27.7 Å². The van der Waals surface area contributed by atoms with Crippen molar-refractivity contribution in [2.45, 2.75) is 47.0 Å². The van der Waals surface area contributed by atoms with E-state index in [2.05, 4.69) is 5.32 Å². The third-order valence-electron chi connectivity index (χ3n) is 2.34. The minimum atomic E-state index is -0.0580. The van der Waals surface area contributed by atoms with Gasteiger partial charge in [0.25, 0.3) is 0 Å². The van der Waals surface area contributed by atoms with E-state index in [1.54, 1.807) is 4.90 Å². The van der Waals surface area contributed by atoms with Crippen molar-refractivity contribution in [1.82, 2.24) is 10.2 Å². The first-order valence-electron chi connectivity index (χ1n) is 6.55. The molecule has 0 saturated carbocycles. The molecule has 0 aromatic carbocycles.